The topological polar surface area (TPSA) is 84.6 Å². The molecule has 0 fully saturated rings. The Balaban J connectivity index is 2.49. The highest BCUT2D eigenvalue weighted by molar-refractivity contribution is 6.01. The molecule has 0 atom stereocenters. The van der Waals surface area contributed by atoms with Crippen LogP contribution < -0.4 is 15.8 Å². The van der Waals surface area contributed by atoms with Crippen LogP contribution in [0.4, 0.5) is 21.5 Å². The lowest BCUT2D eigenvalue weighted by Crippen LogP contribution is -2.09. The molecular formula is C14H13FN2O3. The molecule has 0 aromatic heterocycles. The van der Waals surface area contributed by atoms with Gasteiger partial charge in [-0.3, -0.25) is 0 Å². The zero-order chi connectivity index (χ0) is 14.7. The van der Waals surface area contributed by atoms with Gasteiger partial charge in [-0.05, 0) is 24.3 Å². The lowest BCUT2D eigenvalue weighted by Gasteiger charge is -2.14. The summed E-state index contributed by atoms with van der Waals surface area (Å²) in [4.78, 5) is 11.2. The number of carbonyl (C=O) groups is 1. The fraction of sp³-hybridized carbons (Fsp3) is 0.0714. The number of aromatic carboxylic acids is 1. The van der Waals surface area contributed by atoms with Crippen LogP contribution in [0.5, 0.6) is 5.75 Å². The second-order valence-electron chi connectivity index (χ2n) is 4.01. The molecule has 0 saturated carbocycles. The molecule has 0 unspecified atom stereocenters. The van der Waals surface area contributed by atoms with Crippen molar-refractivity contribution >= 4 is 23.0 Å². The Hall–Kier alpha value is -2.76. The van der Waals surface area contributed by atoms with Crippen molar-refractivity contribution in [3.8, 4) is 5.75 Å². The van der Waals surface area contributed by atoms with Crippen LogP contribution in [0.3, 0.4) is 0 Å². The third-order valence-electron chi connectivity index (χ3n) is 2.78. The normalized spacial score (nSPS) is 10.1. The molecule has 0 amide bonds. The van der Waals surface area contributed by atoms with Crippen molar-refractivity contribution in [2.24, 2.45) is 0 Å². The van der Waals surface area contributed by atoms with Crippen molar-refractivity contribution in [1.29, 1.82) is 0 Å². The molecule has 2 rings (SSSR count). The van der Waals surface area contributed by atoms with Gasteiger partial charge in [0.15, 0.2) is 0 Å². The van der Waals surface area contributed by atoms with Crippen LogP contribution in [0.15, 0.2) is 36.4 Å². The zero-order valence-corrected chi connectivity index (χ0v) is 10.7. The lowest BCUT2D eigenvalue weighted by molar-refractivity contribution is 0.0698. The molecule has 2 aromatic carbocycles. The van der Waals surface area contributed by atoms with Crippen LogP contribution in [0.25, 0.3) is 0 Å². The number of ether oxygens (including phenoxy) is 1. The Bertz CT molecular complexity index is 659. The van der Waals surface area contributed by atoms with Crippen LogP contribution in [0.2, 0.25) is 0 Å². The van der Waals surface area contributed by atoms with Crippen molar-refractivity contribution in [3.63, 3.8) is 0 Å². The molecule has 0 radical (unpaired) electrons. The van der Waals surface area contributed by atoms with Gasteiger partial charge in [-0.15, -0.1) is 0 Å². The first-order valence-electron chi connectivity index (χ1n) is 5.76. The summed E-state index contributed by atoms with van der Waals surface area (Å²) in [5, 5.41) is 12.0. The molecule has 6 heteroatoms. The summed E-state index contributed by atoms with van der Waals surface area (Å²) in [6.45, 7) is 0. The first kappa shape index (κ1) is 13.7. The fourth-order valence-corrected chi connectivity index (χ4v) is 1.82. The van der Waals surface area contributed by atoms with Crippen LogP contribution in [-0.4, -0.2) is 18.2 Å². The van der Waals surface area contributed by atoms with E-state index >= 15 is 0 Å². The van der Waals surface area contributed by atoms with E-state index in [4.69, 9.17) is 15.6 Å². The van der Waals surface area contributed by atoms with Crippen LogP contribution >= 0.6 is 0 Å². The van der Waals surface area contributed by atoms with Gasteiger partial charge < -0.3 is 20.9 Å². The Morgan fingerprint density at radius 3 is 2.60 bits per heavy atom. The van der Waals surface area contributed by atoms with E-state index in [0.717, 1.165) is 6.07 Å². The number of para-hydroxylation sites is 2. The van der Waals surface area contributed by atoms with E-state index in [-0.39, 0.29) is 11.3 Å². The van der Waals surface area contributed by atoms with Crippen LogP contribution in [0, 0.1) is 5.82 Å². The molecule has 4 N–H and O–H groups in total. The summed E-state index contributed by atoms with van der Waals surface area (Å²) in [5.41, 5.74) is 5.52. The standard InChI is InChI=1S/C14H13FN2O3/c1-20-11-5-3-2-4-9(11)17-10-7-6-8(15)13(16)12(10)14(18)19/h2-7,17H,16H2,1H3,(H,18,19). The number of hydrogen-bond acceptors (Lipinski definition) is 4. The minimum Gasteiger partial charge on any atom is -0.495 e. The van der Waals surface area contributed by atoms with E-state index < -0.39 is 17.5 Å². The second-order valence-corrected chi connectivity index (χ2v) is 4.01. The van der Waals surface area contributed by atoms with E-state index in [2.05, 4.69) is 5.32 Å². The van der Waals surface area contributed by atoms with Crippen molar-refractivity contribution in [1.82, 2.24) is 0 Å². The average Bonchev–Trinajstić information content (AvgIpc) is 2.43. The Morgan fingerprint density at radius 2 is 1.95 bits per heavy atom. The molecule has 104 valence electrons. The molecule has 20 heavy (non-hydrogen) atoms. The molecule has 0 heterocycles. The van der Waals surface area contributed by atoms with E-state index in [1.165, 1.54) is 13.2 Å². The number of carboxylic acids is 1. The number of nitrogens with one attached hydrogen (secondary N) is 1. The summed E-state index contributed by atoms with van der Waals surface area (Å²) in [6, 6.07) is 9.40. The highest BCUT2D eigenvalue weighted by Crippen LogP contribution is 2.31. The maximum atomic E-state index is 13.4. The molecule has 0 spiro atoms. The second kappa shape index (κ2) is 5.48. The summed E-state index contributed by atoms with van der Waals surface area (Å²) >= 11 is 0. The monoisotopic (exact) mass is 276 g/mol. The van der Waals surface area contributed by atoms with Crippen LogP contribution in [0.1, 0.15) is 10.4 Å². The van der Waals surface area contributed by atoms with Gasteiger partial charge in [0.2, 0.25) is 0 Å². The fourth-order valence-electron chi connectivity index (χ4n) is 1.82. The number of carboxylic acid groups (broad SMARTS) is 1. The molecule has 0 saturated heterocycles. The smallest absolute Gasteiger partial charge is 0.340 e. The molecule has 0 bridgehead atoms. The van der Waals surface area contributed by atoms with E-state index in [9.17, 15) is 9.18 Å². The number of nitrogen functional groups attached to an aromatic ring is 1. The summed E-state index contributed by atoms with van der Waals surface area (Å²) in [7, 11) is 1.50. The van der Waals surface area contributed by atoms with Crippen molar-refractivity contribution in [3.05, 3.63) is 47.8 Å². The largest absolute Gasteiger partial charge is 0.495 e. The summed E-state index contributed by atoms with van der Waals surface area (Å²) < 4.78 is 18.5. The highest BCUT2D eigenvalue weighted by Gasteiger charge is 2.18. The van der Waals surface area contributed by atoms with Gasteiger partial charge in [-0.2, -0.15) is 0 Å². The third-order valence-corrected chi connectivity index (χ3v) is 2.78. The number of halogens is 1. The van der Waals surface area contributed by atoms with Gasteiger partial charge in [0.05, 0.1) is 24.2 Å². The highest BCUT2D eigenvalue weighted by atomic mass is 19.1. The van der Waals surface area contributed by atoms with Gasteiger partial charge in [-0.25, -0.2) is 9.18 Å². The Kier molecular flexibility index (Phi) is 3.74. The van der Waals surface area contributed by atoms with Gasteiger partial charge in [-0.1, -0.05) is 12.1 Å². The van der Waals surface area contributed by atoms with Gasteiger partial charge in [0, 0.05) is 0 Å². The first-order chi connectivity index (χ1) is 9.54. The molecule has 5 nitrogen and oxygen atoms in total. The van der Waals surface area contributed by atoms with E-state index in [1.807, 2.05) is 0 Å². The average molecular weight is 276 g/mol. The minimum absolute atomic E-state index is 0.195. The molecule has 2 aromatic rings. The van der Waals surface area contributed by atoms with E-state index in [1.54, 1.807) is 24.3 Å². The van der Waals surface area contributed by atoms with Crippen molar-refractivity contribution < 1.29 is 19.0 Å². The maximum absolute atomic E-state index is 13.4. The molecule has 0 aliphatic carbocycles. The zero-order valence-electron chi connectivity index (χ0n) is 10.7. The lowest BCUT2D eigenvalue weighted by atomic mass is 10.1. The quantitative estimate of drug-likeness (QED) is 0.748. The van der Waals surface area contributed by atoms with Crippen molar-refractivity contribution in [2.75, 3.05) is 18.2 Å². The Morgan fingerprint density at radius 1 is 1.25 bits per heavy atom. The molecule has 0 aliphatic rings. The number of anilines is 3. The summed E-state index contributed by atoms with van der Waals surface area (Å²) in [5.74, 6) is -1.54. The van der Waals surface area contributed by atoms with Crippen molar-refractivity contribution in [2.45, 2.75) is 0 Å². The first-order valence-corrected chi connectivity index (χ1v) is 5.76. The van der Waals surface area contributed by atoms with Gasteiger partial charge >= 0.3 is 5.97 Å². The van der Waals surface area contributed by atoms with Gasteiger partial charge in [0.1, 0.15) is 17.1 Å². The minimum atomic E-state index is -1.31. The van der Waals surface area contributed by atoms with Crippen LogP contribution in [-0.2, 0) is 0 Å². The predicted molar refractivity (Wildman–Crippen MR) is 74.0 cm³/mol. The van der Waals surface area contributed by atoms with Gasteiger partial charge in [0.25, 0.3) is 0 Å². The summed E-state index contributed by atoms with van der Waals surface area (Å²) in [6.07, 6.45) is 0. The number of nitrogens with two attached hydrogens (primary N) is 1. The number of methoxy groups -OCH3 is 1. The number of rotatable bonds is 4. The number of hydrogen-bond donors (Lipinski definition) is 3. The van der Waals surface area contributed by atoms with E-state index in [0.29, 0.717) is 11.4 Å². The SMILES string of the molecule is COc1ccccc1Nc1ccc(F)c(N)c1C(=O)O. The molecular weight excluding hydrogens is 263 g/mol. The Labute approximate surface area is 114 Å². The number of benzene rings is 2. The maximum Gasteiger partial charge on any atom is 0.340 e. The third kappa shape index (κ3) is 2.49. The molecule has 0 aliphatic heterocycles. The predicted octanol–water partition coefficient (Wildman–Crippen LogP) is 2.86.